The number of rotatable bonds is 4. The standard InChI is InChI=1S/C13H16N2O4/c1-3-7(4-2)5-8-6-9(16)19-12-10(8)11(17)14-13(18)15-12/h6-7H,3-5H2,1-2H3,(H2,14,15,17,18). The van der Waals surface area contributed by atoms with E-state index in [-0.39, 0.29) is 11.1 Å². The van der Waals surface area contributed by atoms with Crippen molar-refractivity contribution in [2.75, 3.05) is 0 Å². The fraction of sp³-hybridized carbons (Fsp3) is 0.462. The third-order valence-electron chi connectivity index (χ3n) is 3.39. The van der Waals surface area contributed by atoms with E-state index in [0.29, 0.717) is 17.9 Å². The molecule has 19 heavy (non-hydrogen) atoms. The van der Waals surface area contributed by atoms with Gasteiger partial charge in [-0.3, -0.25) is 14.8 Å². The molecule has 0 aliphatic rings. The van der Waals surface area contributed by atoms with Gasteiger partial charge in [-0.1, -0.05) is 26.7 Å². The first-order valence-corrected chi connectivity index (χ1v) is 6.34. The number of fused-ring (bicyclic) bond motifs is 1. The summed E-state index contributed by atoms with van der Waals surface area (Å²) in [6.45, 7) is 4.13. The van der Waals surface area contributed by atoms with Crippen molar-refractivity contribution in [3.8, 4) is 0 Å². The molecule has 0 radical (unpaired) electrons. The second-order valence-electron chi connectivity index (χ2n) is 4.59. The Morgan fingerprint density at radius 3 is 2.47 bits per heavy atom. The lowest BCUT2D eigenvalue weighted by atomic mass is 9.94. The first-order chi connectivity index (χ1) is 9.05. The van der Waals surface area contributed by atoms with Crippen LogP contribution in [-0.2, 0) is 6.42 Å². The van der Waals surface area contributed by atoms with Gasteiger partial charge in [-0.2, -0.15) is 0 Å². The second kappa shape index (κ2) is 5.26. The van der Waals surface area contributed by atoms with Gasteiger partial charge in [-0.15, -0.1) is 0 Å². The maximum absolute atomic E-state index is 11.9. The van der Waals surface area contributed by atoms with Gasteiger partial charge in [0.25, 0.3) is 5.56 Å². The Balaban J connectivity index is 2.69. The van der Waals surface area contributed by atoms with Crippen LogP contribution in [0.5, 0.6) is 0 Å². The molecule has 2 N–H and O–H groups in total. The summed E-state index contributed by atoms with van der Waals surface area (Å²) in [5.74, 6) is 0.385. The zero-order valence-electron chi connectivity index (χ0n) is 10.9. The van der Waals surface area contributed by atoms with Crippen molar-refractivity contribution in [1.82, 2.24) is 9.97 Å². The van der Waals surface area contributed by atoms with Crippen molar-refractivity contribution >= 4 is 11.1 Å². The molecule has 0 bridgehead atoms. The lowest BCUT2D eigenvalue weighted by molar-refractivity contribution is 0.486. The number of nitrogens with one attached hydrogen (secondary N) is 2. The molecule has 2 heterocycles. The Bertz CT molecular complexity index is 744. The molecular weight excluding hydrogens is 248 g/mol. The van der Waals surface area contributed by atoms with Crippen LogP contribution < -0.4 is 16.9 Å². The van der Waals surface area contributed by atoms with Crippen molar-refractivity contribution in [3.05, 3.63) is 42.9 Å². The summed E-state index contributed by atoms with van der Waals surface area (Å²) < 4.78 is 4.88. The predicted molar refractivity (Wildman–Crippen MR) is 71.5 cm³/mol. The number of hydrogen-bond acceptors (Lipinski definition) is 4. The third-order valence-corrected chi connectivity index (χ3v) is 3.39. The number of aromatic amines is 2. The molecule has 0 saturated carbocycles. The maximum Gasteiger partial charge on any atom is 0.337 e. The van der Waals surface area contributed by atoms with Gasteiger partial charge in [0.05, 0.1) is 0 Å². The molecule has 0 aromatic carbocycles. The highest BCUT2D eigenvalue weighted by molar-refractivity contribution is 5.75. The Labute approximate surface area is 108 Å². The van der Waals surface area contributed by atoms with E-state index in [9.17, 15) is 14.4 Å². The highest BCUT2D eigenvalue weighted by Gasteiger charge is 2.14. The molecule has 0 saturated heterocycles. The smallest absolute Gasteiger partial charge is 0.337 e. The summed E-state index contributed by atoms with van der Waals surface area (Å²) >= 11 is 0. The van der Waals surface area contributed by atoms with E-state index >= 15 is 0 Å². The van der Waals surface area contributed by atoms with Gasteiger partial charge in [-0.05, 0) is 17.9 Å². The quantitative estimate of drug-likeness (QED) is 0.865. The van der Waals surface area contributed by atoms with Crippen LogP contribution in [0.2, 0.25) is 0 Å². The Kier molecular flexibility index (Phi) is 3.69. The second-order valence-corrected chi connectivity index (χ2v) is 4.59. The third kappa shape index (κ3) is 2.67. The summed E-state index contributed by atoms with van der Waals surface area (Å²) in [5, 5.41) is 0.256. The lowest BCUT2D eigenvalue weighted by Crippen LogP contribution is -2.24. The van der Waals surface area contributed by atoms with Gasteiger partial charge in [0.1, 0.15) is 5.39 Å². The normalized spacial score (nSPS) is 11.3. The van der Waals surface area contributed by atoms with Crippen molar-refractivity contribution in [2.24, 2.45) is 5.92 Å². The van der Waals surface area contributed by atoms with E-state index in [1.54, 1.807) is 0 Å². The monoisotopic (exact) mass is 264 g/mol. The number of aromatic nitrogens is 2. The van der Waals surface area contributed by atoms with E-state index < -0.39 is 16.9 Å². The molecule has 0 atom stereocenters. The first-order valence-electron chi connectivity index (χ1n) is 6.34. The van der Waals surface area contributed by atoms with E-state index in [1.165, 1.54) is 6.07 Å². The van der Waals surface area contributed by atoms with E-state index in [4.69, 9.17) is 4.42 Å². The summed E-state index contributed by atoms with van der Waals surface area (Å²) in [6.07, 6.45) is 2.53. The van der Waals surface area contributed by atoms with Crippen molar-refractivity contribution < 1.29 is 4.42 Å². The zero-order valence-corrected chi connectivity index (χ0v) is 10.9. The molecule has 2 rings (SSSR count). The van der Waals surface area contributed by atoms with Gasteiger partial charge in [0.2, 0.25) is 5.71 Å². The topological polar surface area (TPSA) is 95.9 Å². The van der Waals surface area contributed by atoms with E-state index in [1.807, 2.05) is 0 Å². The van der Waals surface area contributed by atoms with Crippen LogP contribution in [0.1, 0.15) is 32.3 Å². The average Bonchev–Trinajstić information content (AvgIpc) is 2.34. The highest BCUT2D eigenvalue weighted by atomic mass is 16.4. The van der Waals surface area contributed by atoms with Gasteiger partial charge >= 0.3 is 11.3 Å². The van der Waals surface area contributed by atoms with Crippen LogP contribution >= 0.6 is 0 Å². The van der Waals surface area contributed by atoms with Crippen LogP contribution in [-0.4, -0.2) is 9.97 Å². The Hall–Kier alpha value is -2.11. The van der Waals surface area contributed by atoms with Gasteiger partial charge < -0.3 is 4.42 Å². The lowest BCUT2D eigenvalue weighted by Gasteiger charge is -2.12. The van der Waals surface area contributed by atoms with Crippen molar-refractivity contribution in [1.29, 1.82) is 0 Å². The molecule has 0 spiro atoms. The predicted octanol–water partition coefficient (Wildman–Crippen LogP) is 1.15. The molecule has 0 aliphatic heterocycles. The minimum atomic E-state index is -0.680. The highest BCUT2D eigenvalue weighted by Crippen LogP contribution is 2.18. The van der Waals surface area contributed by atoms with Crippen LogP contribution in [0.4, 0.5) is 0 Å². The Morgan fingerprint density at radius 2 is 1.84 bits per heavy atom. The molecule has 0 unspecified atom stereocenters. The molecular formula is C13H16N2O4. The number of hydrogen-bond donors (Lipinski definition) is 2. The van der Waals surface area contributed by atoms with Gasteiger partial charge in [0.15, 0.2) is 0 Å². The Morgan fingerprint density at radius 1 is 1.16 bits per heavy atom. The fourth-order valence-electron chi connectivity index (χ4n) is 2.23. The van der Waals surface area contributed by atoms with Crippen LogP contribution in [0, 0.1) is 5.92 Å². The van der Waals surface area contributed by atoms with Crippen molar-refractivity contribution in [2.45, 2.75) is 33.1 Å². The van der Waals surface area contributed by atoms with Gasteiger partial charge in [-0.25, -0.2) is 9.59 Å². The molecule has 0 amide bonds. The molecule has 0 fully saturated rings. The van der Waals surface area contributed by atoms with Crippen LogP contribution in [0.25, 0.3) is 11.1 Å². The first kappa shape index (κ1) is 13.3. The summed E-state index contributed by atoms with van der Waals surface area (Å²) in [6, 6.07) is 1.33. The van der Waals surface area contributed by atoms with Crippen molar-refractivity contribution in [3.63, 3.8) is 0 Å². The van der Waals surface area contributed by atoms with Crippen LogP contribution in [0.3, 0.4) is 0 Å². The maximum atomic E-state index is 11.9. The summed E-state index contributed by atoms with van der Waals surface area (Å²) in [4.78, 5) is 39.0. The minimum Gasteiger partial charge on any atom is -0.405 e. The molecule has 0 aliphatic carbocycles. The minimum absolute atomic E-state index is 0.0535. The van der Waals surface area contributed by atoms with Crippen LogP contribution in [0.15, 0.2) is 24.9 Å². The van der Waals surface area contributed by atoms with Gasteiger partial charge in [0, 0.05) is 6.07 Å². The molecule has 6 nitrogen and oxygen atoms in total. The zero-order chi connectivity index (χ0) is 14.0. The molecule has 102 valence electrons. The average molecular weight is 264 g/mol. The molecule has 2 aromatic heterocycles. The molecule has 2 aromatic rings. The fourth-order valence-corrected chi connectivity index (χ4v) is 2.23. The summed E-state index contributed by atoms with van der Waals surface area (Å²) in [7, 11) is 0. The van der Waals surface area contributed by atoms with E-state index in [0.717, 1.165) is 12.8 Å². The summed E-state index contributed by atoms with van der Waals surface area (Å²) in [5.41, 5.74) is -1.20. The number of H-pyrrole nitrogens is 2. The SMILES string of the molecule is CCC(CC)Cc1cc(=O)oc2[nH]c(=O)[nH]c(=O)c12. The largest absolute Gasteiger partial charge is 0.405 e. The molecule has 6 heteroatoms. The van der Waals surface area contributed by atoms with E-state index in [2.05, 4.69) is 23.8 Å².